The number of rotatable bonds is 6. The highest BCUT2D eigenvalue weighted by molar-refractivity contribution is 7.89. The summed E-state index contributed by atoms with van der Waals surface area (Å²) >= 11 is 1.24. The number of thiophene rings is 1. The van der Waals surface area contributed by atoms with Crippen molar-refractivity contribution < 1.29 is 13.2 Å². The van der Waals surface area contributed by atoms with Gasteiger partial charge in [-0.2, -0.15) is 0 Å². The van der Waals surface area contributed by atoms with E-state index >= 15 is 0 Å². The van der Waals surface area contributed by atoms with Crippen LogP contribution < -0.4 is 15.8 Å². The number of nitrogens with zero attached hydrogens (tertiary/aromatic N) is 1. The first-order valence-corrected chi connectivity index (χ1v) is 8.80. The molecule has 2 heterocycles. The van der Waals surface area contributed by atoms with Gasteiger partial charge in [0.05, 0.1) is 16.1 Å². The Morgan fingerprint density at radius 1 is 1.48 bits per heavy atom. The summed E-state index contributed by atoms with van der Waals surface area (Å²) in [7, 11) is -3.35. The summed E-state index contributed by atoms with van der Waals surface area (Å²) in [4.78, 5) is 16.5. The summed E-state index contributed by atoms with van der Waals surface area (Å²) in [5, 5.41) is 2.56. The third-order valence-corrected chi connectivity index (χ3v) is 5.34. The van der Waals surface area contributed by atoms with E-state index in [1.165, 1.54) is 11.3 Å². The Hall–Kier alpha value is -1.71. The smallest absolute Gasteiger partial charge is 0.263 e. The molecule has 0 radical (unpaired) electrons. The summed E-state index contributed by atoms with van der Waals surface area (Å²) in [6.07, 6.45) is 1.61. The van der Waals surface area contributed by atoms with Crippen LogP contribution in [-0.2, 0) is 10.0 Å². The van der Waals surface area contributed by atoms with Crippen LogP contribution in [0.2, 0.25) is 0 Å². The molecule has 0 saturated heterocycles. The largest absolute Gasteiger partial charge is 0.396 e. The molecule has 2 rings (SSSR count). The summed E-state index contributed by atoms with van der Waals surface area (Å²) in [6, 6.07) is 3.60. The fraction of sp³-hybridized carbons (Fsp3) is 0.333. The lowest BCUT2D eigenvalue weighted by Gasteiger charge is -2.06. The molecule has 2 aromatic heterocycles. The zero-order valence-corrected chi connectivity index (χ0v) is 13.1. The number of nitrogens with two attached hydrogens (primary N) is 1. The molecule has 0 bridgehead atoms. The quantitative estimate of drug-likeness (QED) is 0.716. The molecular formula is C12H16N4O3S2. The highest BCUT2D eigenvalue weighted by Gasteiger charge is 2.17. The van der Waals surface area contributed by atoms with E-state index in [4.69, 9.17) is 5.73 Å². The van der Waals surface area contributed by atoms with E-state index < -0.39 is 10.0 Å². The van der Waals surface area contributed by atoms with E-state index in [2.05, 4.69) is 15.0 Å². The Labute approximate surface area is 126 Å². The highest BCUT2D eigenvalue weighted by atomic mass is 32.2. The van der Waals surface area contributed by atoms with E-state index in [1.807, 2.05) is 6.07 Å². The van der Waals surface area contributed by atoms with Crippen LogP contribution in [0.1, 0.15) is 16.6 Å². The van der Waals surface area contributed by atoms with Crippen molar-refractivity contribution in [3.63, 3.8) is 0 Å². The number of anilines is 1. The summed E-state index contributed by atoms with van der Waals surface area (Å²) in [5.41, 5.74) is 6.81. The van der Waals surface area contributed by atoms with Crippen molar-refractivity contribution in [1.29, 1.82) is 0 Å². The number of nitrogens with one attached hydrogen (secondary N) is 2. The molecule has 9 heteroatoms. The summed E-state index contributed by atoms with van der Waals surface area (Å²) in [6.45, 7) is 2.04. The van der Waals surface area contributed by atoms with Crippen molar-refractivity contribution in [3.05, 3.63) is 23.2 Å². The second-order valence-corrected chi connectivity index (χ2v) is 7.25. The number of amides is 1. The van der Waals surface area contributed by atoms with E-state index in [-0.39, 0.29) is 18.2 Å². The van der Waals surface area contributed by atoms with Gasteiger partial charge in [0.25, 0.3) is 5.91 Å². The first-order chi connectivity index (χ1) is 9.94. The van der Waals surface area contributed by atoms with Gasteiger partial charge in [0, 0.05) is 19.3 Å². The normalized spacial score (nSPS) is 11.7. The average Bonchev–Trinajstić information content (AvgIpc) is 2.76. The minimum Gasteiger partial charge on any atom is -0.396 e. The summed E-state index contributed by atoms with van der Waals surface area (Å²) < 4.78 is 26.1. The molecule has 0 fully saturated rings. The van der Waals surface area contributed by atoms with Gasteiger partial charge in [0.15, 0.2) is 0 Å². The molecule has 0 aliphatic rings. The number of aromatic nitrogens is 1. The van der Waals surface area contributed by atoms with Crippen LogP contribution in [0.15, 0.2) is 18.3 Å². The maximum absolute atomic E-state index is 12.1. The van der Waals surface area contributed by atoms with Gasteiger partial charge in [-0.25, -0.2) is 13.1 Å². The Kier molecular flexibility index (Phi) is 4.76. The van der Waals surface area contributed by atoms with Crippen molar-refractivity contribution in [2.75, 3.05) is 24.6 Å². The third-order valence-electron chi connectivity index (χ3n) is 2.71. The monoisotopic (exact) mass is 328 g/mol. The Bertz CT molecular complexity index is 755. The topological polar surface area (TPSA) is 114 Å². The SMILES string of the molecule is CCNS(=O)(=O)CCNC(=O)c1sc2cccnc2c1N. The van der Waals surface area contributed by atoms with Gasteiger partial charge in [0.2, 0.25) is 10.0 Å². The van der Waals surface area contributed by atoms with Gasteiger partial charge in [-0.3, -0.25) is 9.78 Å². The number of nitrogen functional groups attached to an aromatic ring is 1. The van der Waals surface area contributed by atoms with Crippen LogP contribution in [0.4, 0.5) is 5.69 Å². The molecule has 114 valence electrons. The van der Waals surface area contributed by atoms with E-state index in [9.17, 15) is 13.2 Å². The molecule has 0 atom stereocenters. The molecule has 0 unspecified atom stereocenters. The van der Waals surface area contributed by atoms with Gasteiger partial charge in [-0.1, -0.05) is 6.92 Å². The van der Waals surface area contributed by atoms with Crippen LogP contribution >= 0.6 is 11.3 Å². The molecule has 0 aliphatic carbocycles. The number of sulfonamides is 1. The minimum atomic E-state index is -3.35. The second-order valence-electron chi connectivity index (χ2n) is 4.27. The molecular weight excluding hydrogens is 312 g/mol. The van der Waals surface area contributed by atoms with Crippen LogP contribution in [0.25, 0.3) is 10.2 Å². The minimum absolute atomic E-state index is 0.0231. The lowest BCUT2D eigenvalue weighted by atomic mass is 10.3. The molecule has 4 N–H and O–H groups in total. The lowest BCUT2D eigenvalue weighted by molar-refractivity contribution is 0.0961. The number of fused-ring (bicyclic) bond motifs is 1. The number of hydrogen-bond acceptors (Lipinski definition) is 6. The van der Waals surface area contributed by atoms with Crippen molar-refractivity contribution in [2.24, 2.45) is 0 Å². The molecule has 0 saturated carbocycles. The molecule has 0 aliphatic heterocycles. The highest BCUT2D eigenvalue weighted by Crippen LogP contribution is 2.31. The maximum Gasteiger partial charge on any atom is 0.263 e. The van der Waals surface area contributed by atoms with Crippen molar-refractivity contribution >= 4 is 43.2 Å². The van der Waals surface area contributed by atoms with Crippen LogP contribution in [0, 0.1) is 0 Å². The summed E-state index contributed by atoms with van der Waals surface area (Å²) in [5.74, 6) is -0.558. The Morgan fingerprint density at radius 3 is 2.90 bits per heavy atom. The Morgan fingerprint density at radius 2 is 2.24 bits per heavy atom. The predicted octanol–water partition coefficient (Wildman–Crippen LogP) is 0.548. The zero-order valence-electron chi connectivity index (χ0n) is 11.4. The first-order valence-electron chi connectivity index (χ1n) is 6.33. The molecule has 1 amide bonds. The number of carbonyl (C=O) groups is 1. The van der Waals surface area contributed by atoms with Crippen molar-refractivity contribution in [3.8, 4) is 0 Å². The van der Waals surface area contributed by atoms with Crippen LogP contribution in [0.3, 0.4) is 0 Å². The van der Waals surface area contributed by atoms with Gasteiger partial charge in [-0.05, 0) is 12.1 Å². The van der Waals surface area contributed by atoms with Crippen LogP contribution in [-0.4, -0.2) is 38.2 Å². The van der Waals surface area contributed by atoms with Crippen LogP contribution in [0.5, 0.6) is 0 Å². The van der Waals surface area contributed by atoms with Gasteiger partial charge in [0.1, 0.15) is 10.4 Å². The fourth-order valence-electron chi connectivity index (χ4n) is 1.79. The van der Waals surface area contributed by atoms with Gasteiger partial charge >= 0.3 is 0 Å². The average molecular weight is 328 g/mol. The van der Waals surface area contributed by atoms with Gasteiger partial charge in [-0.15, -0.1) is 11.3 Å². The fourth-order valence-corrected chi connectivity index (χ4v) is 3.74. The lowest BCUT2D eigenvalue weighted by Crippen LogP contribution is -2.34. The molecule has 2 aromatic rings. The molecule has 0 aromatic carbocycles. The number of pyridine rings is 1. The number of hydrogen-bond donors (Lipinski definition) is 3. The third kappa shape index (κ3) is 3.69. The van der Waals surface area contributed by atoms with Crippen molar-refractivity contribution in [2.45, 2.75) is 6.92 Å². The number of carbonyl (C=O) groups excluding carboxylic acids is 1. The van der Waals surface area contributed by atoms with E-state index in [0.717, 1.165) is 4.70 Å². The van der Waals surface area contributed by atoms with Gasteiger partial charge < -0.3 is 11.1 Å². The predicted molar refractivity (Wildman–Crippen MR) is 83.8 cm³/mol. The molecule has 21 heavy (non-hydrogen) atoms. The van der Waals surface area contributed by atoms with Crippen molar-refractivity contribution in [1.82, 2.24) is 15.0 Å². The zero-order chi connectivity index (χ0) is 15.5. The first kappa shape index (κ1) is 15.7. The van der Waals surface area contributed by atoms with E-state index in [0.29, 0.717) is 22.6 Å². The maximum atomic E-state index is 12.1. The second kappa shape index (κ2) is 6.37. The molecule has 7 nitrogen and oxygen atoms in total. The van der Waals surface area contributed by atoms with E-state index in [1.54, 1.807) is 19.2 Å². The molecule has 0 spiro atoms. The Balaban J connectivity index is 2.04. The standard InChI is InChI=1S/C12H16N4O3S2/c1-2-16-21(18,19)7-6-15-12(17)11-9(13)10-8(20-11)4-3-5-14-10/h3-5,16H,2,6-7,13H2,1H3,(H,15,17).